The molecule has 0 aromatic carbocycles. The van der Waals surface area contributed by atoms with Crippen molar-refractivity contribution in [3.63, 3.8) is 0 Å². The Labute approximate surface area is 120 Å². The molecule has 0 spiro atoms. The van der Waals surface area contributed by atoms with E-state index in [4.69, 9.17) is 0 Å². The zero-order valence-corrected chi connectivity index (χ0v) is 11.3. The zero-order valence-electron chi connectivity index (χ0n) is 11.3. The fourth-order valence-corrected chi connectivity index (χ4v) is 1.84. The molecule has 0 aliphatic carbocycles. The Morgan fingerprint density at radius 3 is 2.38 bits per heavy atom. The first-order valence-electron chi connectivity index (χ1n) is 6.26. The molecule has 0 bridgehead atoms. The summed E-state index contributed by atoms with van der Waals surface area (Å²) in [6.07, 6.45) is 3.02. The molecule has 2 rings (SSSR count). The van der Waals surface area contributed by atoms with Gasteiger partial charge in [-0.1, -0.05) is 0 Å². The number of esters is 1. The second-order valence-corrected chi connectivity index (χ2v) is 4.23. The number of amides is 4. The van der Waals surface area contributed by atoms with Gasteiger partial charge in [0.2, 0.25) is 0 Å². The third-order valence-corrected chi connectivity index (χ3v) is 2.82. The lowest BCUT2D eigenvalue weighted by Crippen LogP contribution is -2.37. The number of imide groups is 2. The summed E-state index contributed by atoms with van der Waals surface area (Å²) in [5, 5.41) is 0. The van der Waals surface area contributed by atoms with Crippen LogP contribution < -0.4 is 0 Å². The third kappa shape index (κ3) is 3.04. The SMILES string of the molecule is CCOC(=O)CN1C(=O)C(=O)N(Cc2ccncc2)C1=O. The maximum Gasteiger partial charge on any atom is 0.335 e. The first-order chi connectivity index (χ1) is 10.0. The van der Waals surface area contributed by atoms with E-state index < -0.39 is 30.4 Å². The second kappa shape index (κ2) is 6.12. The van der Waals surface area contributed by atoms with Crippen molar-refractivity contribution in [1.29, 1.82) is 0 Å². The summed E-state index contributed by atoms with van der Waals surface area (Å²) in [6, 6.07) is 2.42. The minimum absolute atomic E-state index is 0.0503. The molecular formula is C13H13N3O5. The Hall–Kier alpha value is -2.77. The molecule has 1 aromatic heterocycles. The third-order valence-electron chi connectivity index (χ3n) is 2.82. The van der Waals surface area contributed by atoms with Crippen molar-refractivity contribution in [2.24, 2.45) is 0 Å². The van der Waals surface area contributed by atoms with Crippen molar-refractivity contribution < 1.29 is 23.9 Å². The minimum Gasteiger partial charge on any atom is -0.465 e. The minimum atomic E-state index is -1.03. The smallest absolute Gasteiger partial charge is 0.335 e. The summed E-state index contributed by atoms with van der Waals surface area (Å²) in [7, 11) is 0. The first-order valence-corrected chi connectivity index (χ1v) is 6.26. The summed E-state index contributed by atoms with van der Waals surface area (Å²) < 4.78 is 4.67. The molecule has 21 heavy (non-hydrogen) atoms. The molecule has 8 heteroatoms. The van der Waals surface area contributed by atoms with Crippen molar-refractivity contribution in [3.8, 4) is 0 Å². The Bertz CT molecular complexity index is 587. The van der Waals surface area contributed by atoms with E-state index in [0.717, 1.165) is 4.90 Å². The van der Waals surface area contributed by atoms with Gasteiger partial charge in [-0.2, -0.15) is 0 Å². The van der Waals surface area contributed by atoms with Crippen LogP contribution in [0.2, 0.25) is 0 Å². The summed E-state index contributed by atoms with van der Waals surface area (Å²) in [6.45, 7) is 1.12. The summed E-state index contributed by atoms with van der Waals surface area (Å²) in [5.74, 6) is -2.72. The highest BCUT2D eigenvalue weighted by atomic mass is 16.5. The maximum atomic E-state index is 12.1. The molecule has 0 N–H and O–H groups in total. The average molecular weight is 291 g/mol. The summed E-state index contributed by atoms with van der Waals surface area (Å²) >= 11 is 0. The largest absolute Gasteiger partial charge is 0.465 e. The van der Waals surface area contributed by atoms with Crippen LogP contribution in [0.25, 0.3) is 0 Å². The van der Waals surface area contributed by atoms with Gasteiger partial charge in [0.05, 0.1) is 13.2 Å². The van der Waals surface area contributed by atoms with E-state index in [1.165, 1.54) is 12.4 Å². The predicted octanol–water partition coefficient (Wildman–Crippen LogP) is -0.0645. The summed E-state index contributed by atoms with van der Waals surface area (Å²) in [4.78, 5) is 52.2. The molecule has 4 amide bonds. The highest BCUT2D eigenvalue weighted by Gasteiger charge is 2.45. The lowest BCUT2D eigenvalue weighted by molar-refractivity contribution is -0.148. The highest BCUT2D eigenvalue weighted by molar-refractivity contribution is 6.44. The van der Waals surface area contributed by atoms with Crippen molar-refractivity contribution in [2.45, 2.75) is 13.5 Å². The normalized spacial score (nSPS) is 14.8. The summed E-state index contributed by atoms with van der Waals surface area (Å²) in [5.41, 5.74) is 0.650. The topological polar surface area (TPSA) is 96.9 Å². The fourth-order valence-electron chi connectivity index (χ4n) is 1.84. The van der Waals surface area contributed by atoms with Gasteiger partial charge >= 0.3 is 23.8 Å². The number of carbonyl (C=O) groups excluding carboxylic acids is 4. The Morgan fingerprint density at radius 2 is 1.76 bits per heavy atom. The van der Waals surface area contributed by atoms with Gasteiger partial charge in [-0.05, 0) is 24.6 Å². The van der Waals surface area contributed by atoms with E-state index in [0.29, 0.717) is 10.5 Å². The molecule has 0 saturated carbocycles. The van der Waals surface area contributed by atoms with Crippen LogP contribution in [0.1, 0.15) is 12.5 Å². The molecular weight excluding hydrogens is 278 g/mol. The molecule has 1 aromatic rings. The number of rotatable bonds is 5. The van der Waals surface area contributed by atoms with Gasteiger partial charge in [-0.15, -0.1) is 0 Å². The lowest BCUT2D eigenvalue weighted by atomic mass is 10.2. The molecule has 0 atom stereocenters. The predicted molar refractivity (Wildman–Crippen MR) is 68.5 cm³/mol. The lowest BCUT2D eigenvalue weighted by Gasteiger charge is -2.14. The van der Waals surface area contributed by atoms with E-state index in [1.54, 1.807) is 19.1 Å². The van der Waals surface area contributed by atoms with E-state index >= 15 is 0 Å². The van der Waals surface area contributed by atoms with Gasteiger partial charge in [0, 0.05) is 12.4 Å². The van der Waals surface area contributed by atoms with Crippen LogP contribution in [0.3, 0.4) is 0 Å². The Morgan fingerprint density at radius 1 is 1.14 bits per heavy atom. The molecule has 110 valence electrons. The van der Waals surface area contributed by atoms with Gasteiger partial charge in [0.15, 0.2) is 0 Å². The first kappa shape index (κ1) is 14.6. The van der Waals surface area contributed by atoms with Crippen LogP contribution in [0, 0.1) is 0 Å². The molecule has 0 unspecified atom stereocenters. The van der Waals surface area contributed by atoms with E-state index in [-0.39, 0.29) is 13.2 Å². The van der Waals surface area contributed by atoms with E-state index in [1.807, 2.05) is 0 Å². The molecule has 0 radical (unpaired) electrons. The van der Waals surface area contributed by atoms with Crippen LogP contribution in [-0.2, 0) is 25.7 Å². The number of urea groups is 1. The maximum absolute atomic E-state index is 12.1. The quantitative estimate of drug-likeness (QED) is 0.428. The molecule has 1 fully saturated rings. The number of carbonyl (C=O) groups is 4. The average Bonchev–Trinajstić information content (AvgIpc) is 2.66. The Kier molecular flexibility index (Phi) is 4.27. The molecule has 2 heterocycles. The number of hydrogen-bond donors (Lipinski definition) is 0. The van der Waals surface area contributed by atoms with Gasteiger partial charge in [0.25, 0.3) is 0 Å². The monoisotopic (exact) mass is 291 g/mol. The van der Waals surface area contributed by atoms with Crippen molar-refractivity contribution in [1.82, 2.24) is 14.8 Å². The fraction of sp³-hybridized carbons (Fsp3) is 0.308. The van der Waals surface area contributed by atoms with Crippen molar-refractivity contribution in [2.75, 3.05) is 13.2 Å². The molecule has 1 saturated heterocycles. The van der Waals surface area contributed by atoms with Crippen LogP contribution >= 0.6 is 0 Å². The van der Waals surface area contributed by atoms with E-state index in [9.17, 15) is 19.2 Å². The van der Waals surface area contributed by atoms with Gasteiger partial charge in [-0.25, -0.2) is 9.69 Å². The number of aromatic nitrogens is 1. The standard InChI is InChI=1S/C13H13N3O5/c1-2-21-10(17)8-16-12(19)11(18)15(13(16)20)7-9-3-5-14-6-4-9/h3-6H,2,7-8H2,1H3. The van der Waals surface area contributed by atoms with Crippen molar-refractivity contribution in [3.05, 3.63) is 30.1 Å². The molecule has 1 aliphatic rings. The van der Waals surface area contributed by atoms with Crippen LogP contribution in [0.4, 0.5) is 4.79 Å². The van der Waals surface area contributed by atoms with Crippen molar-refractivity contribution >= 4 is 23.8 Å². The number of ether oxygens (including phenoxy) is 1. The zero-order chi connectivity index (χ0) is 15.4. The molecule has 1 aliphatic heterocycles. The van der Waals surface area contributed by atoms with Crippen LogP contribution in [0.5, 0.6) is 0 Å². The van der Waals surface area contributed by atoms with Crippen LogP contribution in [0.15, 0.2) is 24.5 Å². The molecule has 8 nitrogen and oxygen atoms in total. The number of hydrogen-bond acceptors (Lipinski definition) is 6. The van der Waals surface area contributed by atoms with Gasteiger partial charge in [0.1, 0.15) is 6.54 Å². The van der Waals surface area contributed by atoms with Gasteiger partial charge < -0.3 is 4.74 Å². The van der Waals surface area contributed by atoms with Crippen LogP contribution in [-0.4, -0.2) is 51.8 Å². The van der Waals surface area contributed by atoms with Gasteiger partial charge in [-0.3, -0.25) is 24.3 Å². The second-order valence-electron chi connectivity index (χ2n) is 4.23. The highest BCUT2D eigenvalue weighted by Crippen LogP contribution is 2.15. The van der Waals surface area contributed by atoms with E-state index in [2.05, 4.69) is 9.72 Å². The number of pyridine rings is 1. The number of nitrogens with zero attached hydrogens (tertiary/aromatic N) is 3. The Balaban J connectivity index is 2.11.